The highest BCUT2D eigenvalue weighted by Crippen LogP contribution is 2.24. The molecule has 1 fully saturated rings. The van der Waals surface area contributed by atoms with Crippen molar-refractivity contribution in [3.63, 3.8) is 0 Å². The summed E-state index contributed by atoms with van der Waals surface area (Å²) in [5.74, 6) is 0.655. The Labute approximate surface area is 176 Å². The quantitative estimate of drug-likeness (QED) is 0.644. The van der Waals surface area contributed by atoms with E-state index in [2.05, 4.69) is 12.1 Å². The van der Waals surface area contributed by atoms with Gasteiger partial charge in [-0.3, -0.25) is 9.59 Å². The third-order valence-electron chi connectivity index (χ3n) is 5.73. The minimum absolute atomic E-state index is 0.0751. The third-order valence-corrected chi connectivity index (χ3v) is 5.73. The van der Waals surface area contributed by atoms with Crippen LogP contribution in [0, 0.1) is 5.92 Å². The van der Waals surface area contributed by atoms with Gasteiger partial charge < -0.3 is 19.0 Å². The first-order chi connectivity index (χ1) is 14.5. The number of likely N-dealkylation sites (tertiary alicyclic amines) is 1. The van der Waals surface area contributed by atoms with Crippen LogP contribution in [0.2, 0.25) is 0 Å². The average Bonchev–Trinajstić information content (AvgIpc) is 3.32. The van der Waals surface area contributed by atoms with Crippen LogP contribution in [0.3, 0.4) is 0 Å². The van der Waals surface area contributed by atoms with Gasteiger partial charge in [0.15, 0.2) is 0 Å². The highest BCUT2D eigenvalue weighted by atomic mass is 16.5. The Morgan fingerprint density at radius 1 is 1.17 bits per heavy atom. The monoisotopic (exact) mass is 406 g/mol. The molecule has 6 heteroatoms. The minimum atomic E-state index is -0.177. The van der Waals surface area contributed by atoms with E-state index in [1.807, 2.05) is 31.3 Å². The predicted octanol–water partition coefficient (Wildman–Crippen LogP) is 3.95. The van der Waals surface area contributed by atoms with Crippen molar-refractivity contribution in [2.24, 2.45) is 5.92 Å². The minimum Gasteiger partial charge on any atom is -0.497 e. The number of ether oxygens (including phenoxy) is 1. The molecule has 2 amide bonds. The molecule has 0 spiro atoms. The van der Waals surface area contributed by atoms with E-state index in [0.717, 1.165) is 34.9 Å². The molecular weight excluding hydrogens is 380 g/mol. The topological polar surface area (TPSA) is 63.0 Å². The van der Waals surface area contributed by atoms with E-state index in [1.165, 1.54) is 12.5 Å². The summed E-state index contributed by atoms with van der Waals surface area (Å²) in [6.45, 7) is 1.66. The Bertz CT molecular complexity index is 1040. The Hall–Kier alpha value is -3.28. The van der Waals surface area contributed by atoms with Crippen molar-refractivity contribution in [3.05, 3.63) is 66.1 Å². The van der Waals surface area contributed by atoms with E-state index in [1.54, 1.807) is 23.0 Å². The molecular formula is C24H26N2O4. The summed E-state index contributed by atoms with van der Waals surface area (Å²) in [6, 6.07) is 13.8. The van der Waals surface area contributed by atoms with Crippen molar-refractivity contribution >= 4 is 22.6 Å². The number of hydrogen-bond acceptors (Lipinski definition) is 4. The van der Waals surface area contributed by atoms with Crippen LogP contribution < -0.4 is 4.74 Å². The lowest BCUT2D eigenvalue weighted by molar-refractivity contribution is -0.136. The van der Waals surface area contributed by atoms with Gasteiger partial charge in [-0.05, 0) is 53.4 Å². The van der Waals surface area contributed by atoms with Crippen molar-refractivity contribution in [1.29, 1.82) is 0 Å². The predicted molar refractivity (Wildman–Crippen MR) is 114 cm³/mol. The number of furan rings is 1. The first-order valence-electron chi connectivity index (χ1n) is 10.2. The van der Waals surface area contributed by atoms with Gasteiger partial charge in [0.05, 0.1) is 24.9 Å². The maximum Gasteiger partial charge on any atom is 0.257 e. The molecule has 0 aliphatic carbocycles. The number of nitrogens with zero attached hydrogens (tertiary/aromatic N) is 2. The number of benzene rings is 2. The molecule has 0 N–H and O–H groups in total. The molecule has 30 heavy (non-hydrogen) atoms. The van der Waals surface area contributed by atoms with E-state index in [-0.39, 0.29) is 17.7 Å². The van der Waals surface area contributed by atoms with Crippen LogP contribution in [0.15, 0.2) is 59.4 Å². The number of hydrogen-bond donors (Lipinski definition) is 0. The van der Waals surface area contributed by atoms with Gasteiger partial charge in [-0.1, -0.05) is 18.2 Å². The van der Waals surface area contributed by atoms with Crippen LogP contribution in [0.25, 0.3) is 10.8 Å². The fourth-order valence-corrected chi connectivity index (χ4v) is 4.09. The summed E-state index contributed by atoms with van der Waals surface area (Å²) in [5, 5.41) is 2.22. The van der Waals surface area contributed by atoms with Gasteiger partial charge in [-0.25, -0.2) is 0 Å². The first kappa shape index (κ1) is 20.0. The second kappa shape index (κ2) is 8.61. The molecule has 1 saturated heterocycles. The van der Waals surface area contributed by atoms with E-state index >= 15 is 0 Å². The fourth-order valence-electron chi connectivity index (χ4n) is 4.09. The van der Waals surface area contributed by atoms with Crippen molar-refractivity contribution in [2.75, 3.05) is 27.2 Å². The molecule has 0 bridgehead atoms. The molecule has 2 aromatic carbocycles. The summed E-state index contributed by atoms with van der Waals surface area (Å²) in [7, 11) is 3.49. The SMILES string of the molecule is COc1ccc2cc(CN(C)C(=O)C3CCCN(C(=O)c4ccoc4)C3)ccc2c1. The molecule has 3 aromatic rings. The number of carbonyl (C=O) groups is 2. The van der Waals surface area contributed by atoms with E-state index in [9.17, 15) is 9.59 Å². The van der Waals surface area contributed by atoms with Crippen LogP contribution in [-0.4, -0.2) is 48.9 Å². The number of rotatable bonds is 5. The number of amides is 2. The molecule has 1 atom stereocenters. The summed E-state index contributed by atoms with van der Waals surface area (Å²) in [5.41, 5.74) is 1.61. The molecule has 1 aromatic heterocycles. The lowest BCUT2D eigenvalue weighted by Crippen LogP contribution is -2.45. The van der Waals surface area contributed by atoms with Gasteiger partial charge in [0.2, 0.25) is 5.91 Å². The zero-order valence-corrected chi connectivity index (χ0v) is 17.3. The lowest BCUT2D eigenvalue weighted by Gasteiger charge is -2.33. The van der Waals surface area contributed by atoms with E-state index in [0.29, 0.717) is 25.2 Å². The Balaban J connectivity index is 1.41. The Morgan fingerprint density at radius 3 is 2.73 bits per heavy atom. The summed E-state index contributed by atoms with van der Waals surface area (Å²) in [6.07, 6.45) is 4.57. The summed E-state index contributed by atoms with van der Waals surface area (Å²) < 4.78 is 10.3. The van der Waals surface area contributed by atoms with Crippen LogP contribution >= 0.6 is 0 Å². The summed E-state index contributed by atoms with van der Waals surface area (Å²) in [4.78, 5) is 29.2. The zero-order chi connectivity index (χ0) is 21.1. The second-order valence-corrected chi connectivity index (χ2v) is 7.84. The van der Waals surface area contributed by atoms with Crippen LogP contribution in [0.4, 0.5) is 0 Å². The first-order valence-corrected chi connectivity index (χ1v) is 10.2. The largest absolute Gasteiger partial charge is 0.497 e. The Morgan fingerprint density at radius 2 is 1.97 bits per heavy atom. The van der Waals surface area contributed by atoms with Crippen molar-refractivity contribution < 1.29 is 18.7 Å². The molecule has 6 nitrogen and oxygen atoms in total. The molecule has 1 aliphatic heterocycles. The van der Waals surface area contributed by atoms with Crippen molar-refractivity contribution in [1.82, 2.24) is 9.80 Å². The third kappa shape index (κ3) is 4.17. The number of carbonyl (C=O) groups excluding carboxylic acids is 2. The number of fused-ring (bicyclic) bond motifs is 1. The van der Waals surface area contributed by atoms with E-state index < -0.39 is 0 Å². The van der Waals surface area contributed by atoms with Crippen LogP contribution in [-0.2, 0) is 11.3 Å². The maximum atomic E-state index is 13.1. The highest BCUT2D eigenvalue weighted by Gasteiger charge is 2.30. The second-order valence-electron chi connectivity index (χ2n) is 7.84. The van der Waals surface area contributed by atoms with Gasteiger partial charge in [0.25, 0.3) is 5.91 Å². The van der Waals surface area contributed by atoms with Gasteiger partial charge in [-0.15, -0.1) is 0 Å². The van der Waals surface area contributed by atoms with Gasteiger partial charge in [0.1, 0.15) is 12.0 Å². The standard InChI is InChI=1S/C24H26N2O4/c1-25(14-17-5-6-19-13-22(29-2)8-7-18(19)12-17)23(27)20-4-3-10-26(15-20)24(28)21-9-11-30-16-21/h5-9,11-13,16,20H,3-4,10,14-15H2,1-2H3. The molecule has 4 rings (SSSR count). The zero-order valence-electron chi connectivity index (χ0n) is 17.3. The van der Waals surface area contributed by atoms with Gasteiger partial charge in [-0.2, -0.15) is 0 Å². The fraction of sp³-hybridized carbons (Fsp3) is 0.333. The van der Waals surface area contributed by atoms with Crippen LogP contribution in [0.5, 0.6) is 5.75 Å². The Kier molecular flexibility index (Phi) is 5.74. The normalized spacial score (nSPS) is 16.5. The molecule has 2 heterocycles. The molecule has 0 saturated carbocycles. The molecule has 1 aliphatic rings. The molecule has 0 radical (unpaired) electrons. The van der Waals surface area contributed by atoms with Crippen molar-refractivity contribution in [3.8, 4) is 5.75 Å². The van der Waals surface area contributed by atoms with Crippen molar-refractivity contribution in [2.45, 2.75) is 19.4 Å². The smallest absolute Gasteiger partial charge is 0.257 e. The lowest BCUT2D eigenvalue weighted by atomic mass is 9.96. The molecule has 156 valence electrons. The molecule has 1 unspecified atom stereocenters. The summed E-state index contributed by atoms with van der Waals surface area (Å²) >= 11 is 0. The average molecular weight is 406 g/mol. The maximum absolute atomic E-state index is 13.1. The van der Waals surface area contributed by atoms with Crippen LogP contribution in [0.1, 0.15) is 28.8 Å². The highest BCUT2D eigenvalue weighted by molar-refractivity contribution is 5.94. The van der Waals surface area contributed by atoms with E-state index in [4.69, 9.17) is 9.15 Å². The van der Waals surface area contributed by atoms with Gasteiger partial charge in [0, 0.05) is 26.7 Å². The number of methoxy groups -OCH3 is 1. The van der Waals surface area contributed by atoms with Gasteiger partial charge >= 0.3 is 0 Å². The number of piperidine rings is 1.